The number of hydrogen-bond donors (Lipinski definition) is 11. The van der Waals surface area contributed by atoms with Crippen LogP contribution in [-0.2, 0) is 59.2 Å². The van der Waals surface area contributed by atoms with E-state index in [1.165, 1.54) is 21.6 Å². The number of rotatable bonds is 29. The van der Waals surface area contributed by atoms with Crippen LogP contribution in [0.3, 0.4) is 0 Å². The SMILES string of the molecule is CSCC[C@H](NC(=O)[C@H](CC(C)C)NC(=O)[C@@H]1CCCN1C(=O)[C@@H]1CCCN1C(=O)CNC(=O)[C@@H](N)CCC(N)=O)C(=O)N[C@@H](Cc1c[nH]c2ccccc12)C(=O)N[C@@H](CC(C)C)C(=O)NCC(=O)NCC(=O)O. The lowest BCUT2D eigenvalue weighted by molar-refractivity contribution is -0.147. The number of nitrogens with two attached hydrogens (primary N) is 2. The molecule has 2 aromatic rings. The highest BCUT2D eigenvalue weighted by molar-refractivity contribution is 7.98. The van der Waals surface area contributed by atoms with Gasteiger partial charge < -0.3 is 68.6 Å². The van der Waals surface area contributed by atoms with Crippen molar-refractivity contribution in [3.8, 4) is 0 Å². The fourth-order valence-electron chi connectivity index (χ4n) is 8.89. The van der Waals surface area contributed by atoms with Gasteiger partial charge >= 0.3 is 5.97 Å². The number of carboxylic acid groups (broad SMARTS) is 1. The summed E-state index contributed by atoms with van der Waals surface area (Å²) in [7, 11) is 0. The summed E-state index contributed by atoms with van der Waals surface area (Å²) in [4.78, 5) is 151. The van der Waals surface area contributed by atoms with Gasteiger partial charge in [-0.15, -0.1) is 0 Å². The Morgan fingerprint density at radius 3 is 1.93 bits per heavy atom. The van der Waals surface area contributed by atoms with Crippen molar-refractivity contribution >= 4 is 87.7 Å². The molecule has 1 aromatic carbocycles. The zero-order chi connectivity index (χ0) is 54.6. The molecule has 2 saturated heterocycles. The third kappa shape index (κ3) is 18.3. The molecule has 408 valence electrons. The van der Waals surface area contributed by atoms with Crippen molar-refractivity contribution in [2.75, 3.05) is 44.7 Å². The topological polar surface area (TPSA) is 367 Å². The highest BCUT2D eigenvalue weighted by Gasteiger charge is 2.43. The molecule has 0 radical (unpaired) electrons. The molecule has 74 heavy (non-hydrogen) atoms. The Kier molecular flexibility index (Phi) is 23.6. The summed E-state index contributed by atoms with van der Waals surface area (Å²) in [6, 6.07) is -0.405. The number of para-hydroxylation sites is 1. The number of H-pyrrole nitrogens is 1. The minimum Gasteiger partial charge on any atom is -0.480 e. The second-order valence-corrected chi connectivity index (χ2v) is 20.5. The second-order valence-electron chi connectivity index (χ2n) is 19.5. The van der Waals surface area contributed by atoms with Crippen LogP contribution in [0.1, 0.15) is 91.0 Å². The van der Waals surface area contributed by atoms with Crippen molar-refractivity contribution in [2.24, 2.45) is 23.3 Å². The summed E-state index contributed by atoms with van der Waals surface area (Å²) in [6.07, 6.45) is 5.39. The van der Waals surface area contributed by atoms with E-state index < -0.39 is 127 Å². The molecule has 24 nitrogen and oxygen atoms in total. The summed E-state index contributed by atoms with van der Waals surface area (Å²) in [5, 5.41) is 27.9. The number of thioether (sulfide) groups is 1. The largest absolute Gasteiger partial charge is 0.480 e. The van der Waals surface area contributed by atoms with E-state index >= 15 is 0 Å². The lowest BCUT2D eigenvalue weighted by atomic mass is 10.00. The van der Waals surface area contributed by atoms with Crippen LogP contribution in [0.15, 0.2) is 30.5 Å². The molecule has 2 fully saturated rings. The van der Waals surface area contributed by atoms with Gasteiger partial charge in [0.1, 0.15) is 42.8 Å². The number of nitrogens with one attached hydrogen (secondary N) is 8. The fourth-order valence-corrected chi connectivity index (χ4v) is 9.36. The van der Waals surface area contributed by atoms with E-state index in [4.69, 9.17) is 16.6 Å². The van der Waals surface area contributed by atoms with Gasteiger partial charge in [-0.25, -0.2) is 0 Å². The number of nitrogens with zero attached hydrogens (tertiary/aromatic N) is 2. The molecule has 13 N–H and O–H groups in total. The number of carboxylic acids is 1. The summed E-state index contributed by atoms with van der Waals surface area (Å²) in [6.45, 7) is 6.19. The molecule has 4 rings (SSSR count). The van der Waals surface area contributed by atoms with Crippen molar-refractivity contribution in [1.82, 2.24) is 52.0 Å². The van der Waals surface area contributed by atoms with Gasteiger partial charge in [-0.2, -0.15) is 11.8 Å². The van der Waals surface area contributed by atoms with Crippen molar-refractivity contribution < 1.29 is 57.8 Å². The number of carbonyl (C=O) groups excluding carboxylic acids is 10. The molecular formula is C49H74N12O12S. The highest BCUT2D eigenvalue weighted by Crippen LogP contribution is 2.26. The summed E-state index contributed by atoms with van der Waals surface area (Å²) in [5.41, 5.74) is 12.4. The first-order valence-electron chi connectivity index (χ1n) is 25.0. The van der Waals surface area contributed by atoms with Gasteiger partial charge in [0.15, 0.2) is 0 Å². The van der Waals surface area contributed by atoms with E-state index in [1.54, 1.807) is 6.20 Å². The molecule has 3 heterocycles. The molecular weight excluding hydrogens is 981 g/mol. The van der Waals surface area contributed by atoms with Gasteiger partial charge in [0.05, 0.1) is 19.1 Å². The van der Waals surface area contributed by atoms with Crippen LogP contribution in [0.5, 0.6) is 0 Å². The third-order valence-corrected chi connectivity index (χ3v) is 13.3. The van der Waals surface area contributed by atoms with Gasteiger partial charge in [0.2, 0.25) is 59.1 Å². The molecule has 1 aromatic heterocycles. The Morgan fingerprint density at radius 1 is 0.703 bits per heavy atom. The molecule has 0 aliphatic carbocycles. The van der Waals surface area contributed by atoms with Gasteiger partial charge in [-0.1, -0.05) is 45.9 Å². The fraction of sp³-hybridized carbons (Fsp3) is 0.612. The maximum atomic E-state index is 14.4. The Bertz CT molecular complexity index is 2350. The number of aliphatic carboxylic acids is 1. The Morgan fingerprint density at radius 2 is 1.28 bits per heavy atom. The van der Waals surface area contributed by atoms with Crippen LogP contribution < -0.4 is 48.7 Å². The highest BCUT2D eigenvalue weighted by atomic mass is 32.2. The molecule has 10 amide bonds. The van der Waals surface area contributed by atoms with Crippen molar-refractivity contribution in [3.05, 3.63) is 36.0 Å². The monoisotopic (exact) mass is 1050 g/mol. The average Bonchev–Trinajstić information content (AvgIpc) is 4.15. The number of primary amides is 1. The standard InChI is InChI=1S/C49H74N12O12S/c1-27(2)20-34(44(68)54-24-40(63)53-26-42(65)66)57-47(71)36(22-29-23-52-32-11-7-6-10-30(29)32)58-45(69)33(16-19-74-5)56-46(70)35(21-28(3)4)59-48(72)37-12-8-18-61(37)49(73)38-13-9-17-60(38)41(64)25-55-43(67)31(50)14-15-39(51)62/h6-7,10-11,23,27-28,31,33-38,52H,8-9,12-22,24-26,50H2,1-5H3,(H2,51,62)(H,53,63)(H,54,68)(H,55,67)(H,56,70)(H,57,71)(H,58,69)(H,59,72)(H,65,66)/t31-,33-,34-,35-,36-,37-,38-/m0/s1. The number of amides is 10. The number of aromatic amines is 1. The van der Waals surface area contributed by atoms with Crippen LogP contribution in [-0.4, -0.2) is 172 Å². The zero-order valence-electron chi connectivity index (χ0n) is 42.8. The van der Waals surface area contributed by atoms with E-state index in [9.17, 15) is 52.7 Å². The predicted octanol–water partition coefficient (Wildman–Crippen LogP) is -1.50. The van der Waals surface area contributed by atoms with Crippen molar-refractivity contribution in [2.45, 2.75) is 134 Å². The van der Waals surface area contributed by atoms with Crippen LogP contribution in [0.4, 0.5) is 0 Å². The van der Waals surface area contributed by atoms with E-state index in [0.29, 0.717) is 30.6 Å². The number of likely N-dealkylation sites (tertiary alicyclic amines) is 2. The first-order valence-corrected chi connectivity index (χ1v) is 26.4. The first kappa shape index (κ1) is 59.8. The molecule has 0 spiro atoms. The van der Waals surface area contributed by atoms with E-state index in [1.807, 2.05) is 58.2 Å². The van der Waals surface area contributed by atoms with Crippen LogP contribution in [0.2, 0.25) is 0 Å². The van der Waals surface area contributed by atoms with Gasteiger partial charge in [-0.05, 0) is 86.8 Å². The Labute approximate surface area is 434 Å². The Balaban J connectivity index is 1.50. The number of benzene rings is 1. The maximum Gasteiger partial charge on any atom is 0.322 e. The summed E-state index contributed by atoms with van der Waals surface area (Å²) < 4.78 is 0. The average molecular weight is 1060 g/mol. The number of fused-ring (bicyclic) bond motifs is 1. The molecule has 25 heteroatoms. The lowest BCUT2D eigenvalue weighted by Gasteiger charge is -2.32. The van der Waals surface area contributed by atoms with Gasteiger partial charge in [0, 0.05) is 43.0 Å². The number of hydrogen-bond acceptors (Lipinski definition) is 13. The number of carbonyl (C=O) groups is 11. The molecule has 0 bridgehead atoms. The summed E-state index contributed by atoms with van der Waals surface area (Å²) in [5.74, 6) is -7.52. The van der Waals surface area contributed by atoms with Gasteiger partial charge in [0.25, 0.3) is 0 Å². The molecule has 2 aliphatic rings. The second kappa shape index (κ2) is 29.2. The number of aromatic nitrogens is 1. The molecule has 0 unspecified atom stereocenters. The van der Waals surface area contributed by atoms with E-state index in [2.05, 4.69) is 42.2 Å². The van der Waals surface area contributed by atoms with E-state index in [0.717, 1.165) is 10.9 Å². The molecule has 7 atom stereocenters. The minimum atomic E-state index is -1.29. The van der Waals surface area contributed by atoms with E-state index in [-0.39, 0.29) is 69.9 Å². The minimum absolute atomic E-state index is 0.00310. The molecule has 2 aliphatic heterocycles. The zero-order valence-corrected chi connectivity index (χ0v) is 43.6. The third-order valence-electron chi connectivity index (χ3n) is 12.7. The smallest absolute Gasteiger partial charge is 0.322 e. The Hall–Kier alpha value is -6.76. The van der Waals surface area contributed by atoms with Crippen LogP contribution >= 0.6 is 11.8 Å². The quantitative estimate of drug-likeness (QED) is 0.0442. The lowest BCUT2D eigenvalue weighted by Crippen LogP contribution is -2.60. The predicted molar refractivity (Wildman–Crippen MR) is 274 cm³/mol. The normalized spacial score (nSPS) is 17.4. The molecule has 0 saturated carbocycles. The van der Waals surface area contributed by atoms with Crippen LogP contribution in [0, 0.1) is 11.8 Å². The van der Waals surface area contributed by atoms with Gasteiger partial charge in [-0.3, -0.25) is 52.7 Å². The maximum absolute atomic E-state index is 14.4. The first-order chi connectivity index (χ1) is 35.1. The summed E-state index contributed by atoms with van der Waals surface area (Å²) >= 11 is 1.42. The van der Waals surface area contributed by atoms with Crippen molar-refractivity contribution in [3.63, 3.8) is 0 Å². The van der Waals surface area contributed by atoms with Crippen molar-refractivity contribution in [1.29, 1.82) is 0 Å². The van der Waals surface area contributed by atoms with Crippen LogP contribution in [0.25, 0.3) is 10.9 Å².